The summed E-state index contributed by atoms with van der Waals surface area (Å²) in [6, 6.07) is 0. The van der Waals surface area contributed by atoms with E-state index >= 15 is 0 Å². The fourth-order valence-corrected chi connectivity index (χ4v) is 0.645. The van der Waals surface area contributed by atoms with Gasteiger partial charge in [-0.15, -0.1) is 0 Å². The molecular weight excluding hydrogens is 132 g/mol. The van der Waals surface area contributed by atoms with Gasteiger partial charge in [0.15, 0.2) is 0 Å². The van der Waals surface area contributed by atoms with Crippen LogP contribution >= 0.6 is 0 Å². The van der Waals surface area contributed by atoms with Crippen molar-refractivity contribution in [2.24, 2.45) is 0 Å². The normalized spacial score (nSPS) is 13.1. The molecule has 0 amide bonds. The topological polar surface area (TPSA) is 0 Å². The van der Waals surface area contributed by atoms with E-state index in [1.807, 2.05) is 12.2 Å². The third-order valence-electron chi connectivity index (χ3n) is 1.22. The molecular formula is C11H16. The molecule has 0 fully saturated rings. The van der Waals surface area contributed by atoms with Crippen LogP contribution in [0.15, 0.2) is 48.6 Å². The zero-order chi connectivity index (χ0) is 8.53. The van der Waals surface area contributed by atoms with Gasteiger partial charge in [0, 0.05) is 0 Å². The average molecular weight is 148 g/mol. The zero-order valence-electron chi connectivity index (χ0n) is 7.38. The van der Waals surface area contributed by atoms with Crippen LogP contribution in [0.25, 0.3) is 0 Å². The molecule has 0 bridgehead atoms. The Labute approximate surface area is 69.6 Å². The first-order chi connectivity index (χ1) is 5.31. The smallest absolute Gasteiger partial charge is 0.0376 e. The Morgan fingerprint density at radius 1 is 1.36 bits per heavy atom. The summed E-state index contributed by atoms with van der Waals surface area (Å²) in [5, 5.41) is 0. The summed E-state index contributed by atoms with van der Waals surface area (Å²) in [6.07, 6.45) is 13.1. The molecule has 0 aromatic carbocycles. The molecule has 0 radical (unpaired) electrons. The summed E-state index contributed by atoms with van der Waals surface area (Å²) in [6.45, 7) is 7.80. The maximum Gasteiger partial charge on any atom is -0.0376 e. The van der Waals surface area contributed by atoms with Crippen molar-refractivity contribution in [1.82, 2.24) is 0 Å². The Morgan fingerprint density at radius 2 is 2.09 bits per heavy atom. The Morgan fingerprint density at radius 3 is 2.64 bits per heavy atom. The van der Waals surface area contributed by atoms with E-state index in [0.717, 1.165) is 6.42 Å². The summed E-state index contributed by atoms with van der Waals surface area (Å²) >= 11 is 0. The highest BCUT2D eigenvalue weighted by Crippen LogP contribution is 1.96. The molecule has 0 spiro atoms. The van der Waals surface area contributed by atoms with Gasteiger partial charge in [0.25, 0.3) is 0 Å². The van der Waals surface area contributed by atoms with Gasteiger partial charge >= 0.3 is 0 Å². The minimum Gasteiger partial charge on any atom is -0.0991 e. The summed E-state index contributed by atoms with van der Waals surface area (Å²) in [4.78, 5) is 0. The highest BCUT2D eigenvalue weighted by molar-refractivity contribution is 5.22. The molecule has 0 aliphatic carbocycles. The lowest BCUT2D eigenvalue weighted by atomic mass is 10.2. The van der Waals surface area contributed by atoms with Gasteiger partial charge in [-0.3, -0.25) is 0 Å². The van der Waals surface area contributed by atoms with E-state index in [1.54, 1.807) is 6.08 Å². The number of hydrogen-bond donors (Lipinski definition) is 0. The molecule has 0 aliphatic heterocycles. The van der Waals surface area contributed by atoms with Crippen molar-refractivity contribution in [3.05, 3.63) is 48.6 Å². The van der Waals surface area contributed by atoms with E-state index in [4.69, 9.17) is 0 Å². The van der Waals surface area contributed by atoms with Crippen molar-refractivity contribution < 1.29 is 0 Å². The largest absolute Gasteiger partial charge is 0.0991 e. The van der Waals surface area contributed by atoms with Gasteiger partial charge < -0.3 is 0 Å². The van der Waals surface area contributed by atoms with Gasteiger partial charge in [-0.2, -0.15) is 0 Å². The van der Waals surface area contributed by atoms with E-state index < -0.39 is 0 Å². The van der Waals surface area contributed by atoms with Crippen molar-refractivity contribution in [3.63, 3.8) is 0 Å². The predicted molar refractivity (Wildman–Crippen MR) is 52.5 cm³/mol. The lowest BCUT2D eigenvalue weighted by Gasteiger charge is -1.85. The number of rotatable bonds is 4. The molecule has 0 nitrogen and oxygen atoms in total. The van der Waals surface area contributed by atoms with Crippen LogP contribution in [0.3, 0.4) is 0 Å². The highest BCUT2D eigenvalue weighted by Gasteiger charge is 1.75. The van der Waals surface area contributed by atoms with Gasteiger partial charge in [0.05, 0.1) is 0 Å². The Bertz CT molecular complexity index is 180. The fourth-order valence-electron chi connectivity index (χ4n) is 0.645. The maximum absolute atomic E-state index is 3.59. The first-order valence-electron chi connectivity index (χ1n) is 3.93. The zero-order valence-corrected chi connectivity index (χ0v) is 7.38. The Hall–Kier alpha value is -1.04. The lowest BCUT2D eigenvalue weighted by Crippen LogP contribution is -1.64. The second-order valence-electron chi connectivity index (χ2n) is 2.34. The molecule has 0 N–H and O–H groups in total. The molecule has 0 heterocycles. The van der Waals surface area contributed by atoms with Gasteiger partial charge in [0.1, 0.15) is 0 Å². The number of hydrogen-bond acceptors (Lipinski definition) is 0. The second-order valence-corrected chi connectivity index (χ2v) is 2.34. The van der Waals surface area contributed by atoms with E-state index in [0.29, 0.717) is 0 Å². The third-order valence-corrected chi connectivity index (χ3v) is 1.22. The van der Waals surface area contributed by atoms with Gasteiger partial charge in [0.2, 0.25) is 0 Å². The van der Waals surface area contributed by atoms with Crippen LogP contribution in [-0.4, -0.2) is 0 Å². The van der Waals surface area contributed by atoms with Crippen molar-refractivity contribution in [3.8, 4) is 0 Å². The van der Waals surface area contributed by atoms with Gasteiger partial charge in [-0.1, -0.05) is 55.5 Å². The van der Waals surface area contributed by atoms with Crippen LogP contribution in [0.4, 0.5) is 0 Å². The van der Waals surface area contributed by atoms with Crippen LogP contribution in [0.5, 0.6) is 0 Å². The van der Waals surface area contributed by atoms with Crippen molar-refractivity contribution in [2.45, 2.75) is 20.3 Å². The van der Waals surface area contributed by atoms with Gasteiger partial charge in [-0.25, -0.2) is 0 Å². The maximum atomic E-state index is 3.59. The standard InChI is InChI=1S/C11H16/c1-4-6-8-10-11(3)9-7-5-2/h4,6-10H,1,5H2,2-3H3/b8-6-,9-7+,11-10+. The SMILES string of the molecule is C=C\C=C/C=C(C)/C=C/CC. The molecule has 0 aromatic heterocycles. The second kappa shape index (κ2) is 7.07. The minimum atomic E-state index is 1.09. The highest BCUT2D eigenvalue weighted by atomic mass is 13.8. The number of allylic oxidation sites excluding steroid dienone is 7. The Balaban J connectivity index is 3.89. The van der Waals surface area contributed by atoms with E-state index in [-0.39, 0.29) is 0 Å². The molecule has 0 rings (SSSR count). The van der Waals surface area contributed by atoms with E-state index in [2.05, 4.69) is 38.7 Å². The van der Waals surface area contributed by atoms with E-state index in [9.17, 15) is 0 Å². The third kappa shape index (κ3) is 6.85. The predicted octanol–water partition coefficient (Wildman–Crippen LogP) is 3.64. The average Bonchev–Trinajstić information content (AvgIpc) is 2.01. The quantitative estimate of drug-likeness (QED) is 0.534. The first kappa shape index (κ1) is 9.96. The molecule has 60 valence electrons. The fraction of sp³-hybridized carbons (Fsp3) is 0.273. The summed E-state index contributed by atoms with van der Waals surface area (Å²) in [5.41, 5.74) is 1.27. The van der Waals surface area contributed by atoms with Crippen molar-refractivity contribution in [1.29, 1.82) is 0 Å². The van der Waals surface area contributed by atoms with Crippen LogP contribution < -0.4 is 0 Å². The van der Waals surface area contributed by atoms with Crippen LogP contribution in [-0.2, 0) is 0 Å². The molecule has 0 unspecified atom stereocenters. The monoisotopic (exact) mass is 148 g/mol. The van der Waals surface area contributed by atoms with Gasteiger partial charge in [-0.05, 0) is 13.3 Å². The molecule has 11 heavy (non-hydrogen) atoms. The molecule has 0 aliphatic rings. The molecule has 0 saturated heterocycles. The molecule has 0 atom stereocenters. The molecule has 0 heteroatoms. The van der Waals surface area contributed by atoms with E-state index in [1.165, 1.54) is 5.57 Å². The first-order valence-corrected chi connectivity index (χ1v) is 3.93. The van der Waals surface area contributed by atoms with Crippen LogP contribution in [0.1, 0.15) is 20.3 Å². The Kier molecular flexibility index (Phi) is 6.40. The van der Waals surface area contributed by atoms with Crippen molar-refractivity contribution >= 4 is 0 Å². The van der Waals surface area contributed by atoms with Crippen LogP contribution in [0, 0.1) is 0 Å². The van der Waals surface area contributed by atoms with Crippen molar-refractivity contribution in [2.75, 3.05) is 0 Å². The lowest BCUT2D eigenvalue weighted by molar-refractivity contribution is 1.22. The molecule has 0 saturated carbocycles. The molecule has 0 aromatic rings. The summed E-state index contributed by atoms with van der Waals surface area (Å²) in [5.74, 6) is 0. The minimum absolute atomic E-state index is 1.09. The summed E-state index contributed by atoms with van der Waals surface area (Å²) < 4.78 is 0. The van der Waals surface area contributed by atoms with Crippen LogP contribution in [0.2, 0.25) is 0 Å². The summed E-state index contributed by atoms with van der Waals surface area (Å²) in [7, 11) is 0.